The second-order valence-corrected chi connectivity index (χ2v) is 5.51. The maximum Gasteiger partial charge on any atom is 0.190 e. The van der Waals surface area contributed by atoms with Gasteiger partial charge >= 0.3 is 0 Å². The molecule has 114 valence electrons. The number of benzene rings is 1. The van der Waals surface area contributed by atoms with Gasteiger partial charge in [-0.1, -0.05) is 30.3 Å². The van der Waals surface area contributed by atoms with Gasteiger partial charge in [0.15, 0.2) is 18.9 Å². The molecule has 0 unspecified atom stereocenters. The molecule has 1 aromatic rings. The molecule has 1 aromatic carbocycles. The van der Waals surface area contributed by atoms with E-state index in [1.54, 1.807) is 6.92 Å². The molecule has 3 aliphatic heterocycles. The lowest BCUT2D eigenvalue weighted by atomic mass is 9.98. The number of aliphatic hydroxyl groups is 1. The van der Waals surface area contributed by atoms with Gasteiger partial charge in [0, 0.05) is 5.56 Å². The van der Waals surface area contributed by atoms with Gasteiger partial charge in [-0.3, -0.25) is 0 Å². The quantitative estimate of drug-likeness (QED) is 0.832. The fourth-order valence-electron chi connectivity index (χ4n) is 3.04. The van der Waals surface area contributed by atoms with Crippen LogP contribution in [0.25, 0.3) is 0 Å². The van der Waals surface area contributed by atoms with Gasteiger partial charge in [0.05, 0.1) is 6.61 Å². The maximum atomic E-state index is 10.5. The summed E-state index contributed by atoms with van der Waals surface area (Å²) in [5.41, 5.74) is 0.919. The summed E-state index contributed by atoms with van der Waals surface area (Å²) in [6.45, 7) is 2.13. The predicted molar refractivity (Wildman–Crippen MR) is 70.1 cm³/mol. The standard InChI is InChI=1S/C15H18O6/c1-8-18-13-11(16)12-10(20-15(13)19-8)7-17-14(21-12)9-5-3-2-4-6-9/h2-6,8,10-16H,7H2,1H3/t8-,10-,11+,12-,13+,14-,15-/m1/s1. The van der Waals surface area contributed by atoms with Gasteiger partial charge in [-0.25, -0.2) is 0 Å². The van der Waals surface area contributed by atoms with Crippen LogP contribution in [0.1, 0.15) is 18.8 Å². The van der Waals surface area contributed by atoms with Crippen molar-refractivity contribution < 1.29 is 28.8 Å². The minimum Gasteiger partial charge on any atom is -0.387 e. The Hall–Kier alpha value is -1.02. The molecule has 4 rings (SSSR count). The average Bonchev–Trinajstić information content (AvgIpc) is 2.89. The van der Waals surface area contributed by atoms with Crippen molar-refractivity contribution in [2.24, 2.45) is 0 Å². The zero-order valence-corrected chi connectivity index (χ0v) is 11.6. The SMILES string of the molecule is C[C@H]1O[C@@H]2O[C@@H]3CO[C@@H](c4ccccc4)O[C@H]3[C@H](O)[C@@H]2O1. The van der Waals surface area contributed by atoms with Crippen LogP contribution in [0.4, 0.5) is 0 Å². The van der Waals surface area contributed by atoms with E-state index in [9.17, 15) is 5.11 Å². The smallest absolute Gasteiger partial charge is 0.190 e. The van der Waals surface area contributed by atoms with Gasteiger partial charge in [-0.15, -0.1) is 0 Å². The zero-order chi connectivity index (χ0) is 14.4. The fraction of sp³-hybridized carbons (Fsp3) is 0.600. The van der Waals surface area contributed by atoms with Gasteiger partial charge in [-0.2, -0.15) is 0 Å². The summed E-state index contributed by atoms with van der Waals surface area (Å²) in [6, 6.07) is 9.65. The van der Waals surface area contributed by atoms with Gasteiger partial charge in [0.25, 0.3) is 0 Å². The van der Waals surface area contributed by atoms with Gasteiger partial charge in [0.1, 0.15) is 24.4 Å². The first-order chi connectivity index (χ1) is 10.2. The number of ether oxygens (including phenoxy) is 5. The van der Waals surface area contributed by atoms with Crippen molar-refractivity contribution in [2.75, 3.05) is 6.61 Å². The lowest BCUT2D eigenvalue weighted by Crippen LogP contribution is -2.60. The van der Waals surface area contributed by atoms with E-state index in [-0.39, 0.29) is 12.4 Å². The summed E-state index contributed by atoms with van der Waals surface area (Å²) in [7, 11) is 0. The number of aliphatic hydroxyl groups excluding tert-OH is 1. The van der Waals surface area contributed by atoms with Crippen molar-refractivity contribution >= 4 is 0 Å². The van der Waals surface area contributed by atoms with Crippen LogP contribution in [0.5, 0.6) is 0 Å². The molecule has 0 aliphatic carbocycles. The highest BCUT2D eigenvalue weighted by Gasteiger charge is 2.53. The second kappa shape index (κ2) is 5.31. The third kappa shape index (κ3) is 2.38. The molecular weight excluding hydrogens is 276 g/mol. The topological polar surface area (TPSA) is 66.4 Å². The van der Waals surface area contributed by atoms with Crippen molar-refractivity contribution in [2.45, 2.75) is 50.2 Å². The molecule has 0 spiro atoms. The first-order valence-electron chi connectivity index (χ1n) is 7.19. The van der Waals surface area contributed by atoms with Crippen molar-refractivity contribution in [1.29, 1.82) is 0 Å². The predicted octanol–water partition coefficient (Wildman–Crippen LogP) is 0.948. The van der Waals surface area contributed by atoms with Crippen LogP contribution in [-0.2, 0) is 23.7 Å². The summed E-state index contributed by atoms with van der Waals surface area (Å²) in [6.07, 6.45) is -3.60. The molecule has 6 heteroatoms. The minimum absolute atomic E-state index is 0.349. The highest BCUT2D eigenvalue weighted by atomic mass is 16.8. The fourth-order valence-corrected chi connectivity index (χ4v) is 3.04. The molecule has 3 heterocycles. The third-order valence-electron chi connectivity index (χ3n) is 4.06. The lowest BCUT2D eigenvalue weighted by molar-refractivity contribution is -0.338. The number of hydrogen-bond acceptors (Lipinski definition) is 6. The minimum atomic E-state index is -0.797. The third-order valence-corrected chi connectivity index (χ3v) is 4.06. The van der Waals surface area contributed by atoms with Crippen molar-refractivity contribution in [1.82, 2.24) is 0 Å². The number of fused-ring (bicyclic) bond motifs is 2. The van der Waals surface area contributed by atoms with Crippen LogP contribution in [-0.4, -0.2) is 48.7 Å². The van der Waals surface area contributed by atoms with E-state index in [1.165, 1.54) is 0 Å². The van der Waals surface area contributed by atoms with E-state index >= 15 is 0 Å². The molecule has 21 heavy (non-hydrogen) atoms. The van der Waals surface area contributed by atoms with E-state index in [2.05, 4.69) is 0 Å². The number of hydrogen-bond donors (Lipinski definition) is 1. The van der Waals surface area contributed by atoms with Crippen molar-refractivity contribution in [3.8, 4) is 0 Å². The van der Waals surface area contributed by atoms with E-state index in [4.69, 9.17) is 23.7 Å². The Morgan fingerprint density at radius 2 is 1.81 bits per heavy atom. The molecule has 3 saturated heterocycles. The highest BCUT2D eigenvalue weighted by Crippen LogP contribution is 2.37. The average molecular weight is 294 g/mol. The monoisotopic (exact) mass is 294 g/mol. The van der Waals surface area contributed by atoms with E-state index < -0.39 is 30.9 Å². The summed E-state index contributed by atoms with van der Waals surface area (Å²) in [5, 5.41) is 10.5. The Morgan fingerprint density at radius 1 is 1.00 bits per heavy atom. The molecule has 0 saturated carbocycles. The maximum absolute atomic E-state index is 10.5. The van der Waals surface area contributed by atoms with Gasteiger partial charge < -0.3 is 28.8 Å². The Labute approximate surface area is 122 Å². The Kier molecular flexibility index (Phi) is 3.45. The number of rotatable bonds is 1. The second-order valence-electron chi connectivity index (χ2n) is 5.51. The molecule has 3 aliphatic rings. The van der Waals surface area contributed by atoms with Crippen molar-refractivity contribution in [3.63, 3.8) is 0 Å². The summed E-state index contributed by atoms with van der Waals surface area (Å²) >= 11 is 0. The van der Waals surface area contributed by atoms with Crippen LogP contribution in [0, 0.1) is 0 Å². The first kappa shape index (κ1) is 13.6. The normalized spacial score (nSPS) is 45.9. The molecule has 0 amide bonds. The summed E-state index contributed by atoms with van der Waals surface area (Å²) < 4.78 is 28.4. The van der Waals surface area contributed by atoms with Crippen LogP contribution >= 0.6 is 0 Å². The van der Waals surface area contributed by atoms with E-state index in [1.807, 2.05) is 30.3 Å². The van der Waals surface area contributed by atoms with Crippen LogP contribution in [0.3, 0.4) is 0 Å². The van der Waals surface area contributed by atoms with Crippen LogP contribution in [0.2, 0.25) is 0 Å². The molecule has 0 bridgehead atoms. The Balaban J connectivity index is 1.52. The summed E-state index contributed by atoms with van der Waals surface area (Å²) in [5.74, 6) is 0. The Morgan fingerprint density at radius 3 is 2.62 bits per heavy atom. The molecule has 7 atom stereocenters. The lowest BCUT2D eigenvalue weighted by Gasteiger charge is -2.44. The molecule has 3 fully saturated rings. The summed E-state index contributed by atoms with van der Waals surface area (Å²) in [4.78, 5) is 0. The van der Waals surface area contributed by atoms with Gasteiger partial charge in [0.2, 0.25) is 0 Å². The molecule has 0 aromatic heterocycles. The van der Waals surface area contributed by atoms with E-state index in [0.717, 1.165) is 5.56 Å². The van der Waals surface area contributed by atoms with Crippen LogP contribution in [0.15, 0.2) is 30.3 Å². The molecule has 0 radical (unpaired) electrons. The largest absolute Gasteiger partial charge is 0.387 e. The van der Waals surface area contributed by atoms with E-state index in [0.29, 0.717) is 6.61 Å². The van der Waals surface area contributed by atoms with Crippen molar-refractivity contribution in [3.05, 3.63) is 35.9 Å². The van der Waals surface area contributed by atoms with Gasteiger partial charge in [-0.05, 0) is 6.92 Å². The van der Waals surface area contributed by atoms with Crippen LogP contribution < -0.4 is 0 Å². The highest BCUT2D eigenvalue weighted by molar-refractivity contribution is 5.16. The first-order valence-corrected chi connectivity index (χ1v) is 7.19. The Bertz CT molecular complexity index is 494. The molecular formula is C15H18O6. The molecule has 1 N–H and O–H groups in total. The molecule has 6 nitrogen and oxygen atoms in total. The zero-order valence-electron chi connectivity index (χ0n) is 11.6.